The van der Waals surface area contributed by atoms with Crippen LogP contribution in [0.2, 0.25) is 0 Å². The van der Waals surface area contributed by atoms with Gasteiger partial charge in [0.2, 0.25) is 0 Å². The maximum absolute atomic E-state index is 7.02. The van der Waals surface area contributed by atoms with Crippen molar-refractivity contribution in [3.63, 3.8) is 0 Å². The van der Waals surface area contributed by atoms with Gasteiger partial charge in [-0.2, -0.15) is 0 Å². The van der Waals surface area contributed by atoms with Gasteiger partial charge in [0.15, 0.2) is 0 Å². The van der Waals surface area contributed by atoms with Gasteiger partial charge in [0.1, 0.15) is 33.5 Å². The highest BCUT2D eigenvalue weighted by Crippen LogP contribution is 2.44. The summed E-state index contributed by atoms with van der Waals surface area (Å²) in [6.07, 6.45) is -0.466. The minimum absolute atomic E-state index is 0.0856. The van der Waals surface area contributed by atoms with Crippen molar-refractivity contribution >= 4 is 65.8 Å². The number of para-hydroxylation sites is 4. The first-order chi connectivity index (χ1) is 25.7. The molecule has 52 heavy (non-hydrogen) atoms. The molecule has 250 valence electrons. The van der Waals surface area contributed by atoms with Crippen LogP contribution in [0.1, 0.15) is 35.2 Å². The minimum atomic E-state index is -0.192. The van der Waals surface area contributed by atoms with Crippen LogP contribution in [-0.4, -0.2) is 11.9 Å². The number of nitrogens with zero attached hydrogens (tertiary/aromatic N) is 1. The fourth-order valence-corrected chi connectivity index (χ4v) is 8.42. The molecule has 3 aromatic heterocycles. The maximum atomic E-state index is 7.02. The molecule has 0 saturated carbocycles. The van der Waals surface area contributed by atoms with E-state index in [1.54, 1.807) is 0 Å². The molecule has 1 aliphatic rings. The Kier molecular flexibility index (Phi) is 6.49. The lowest BCUT2D eigenvalue weighted by molar-refractivity contribution is 0.0423. The van der Waals surface area contributed by atoms with Crippen LogP contribution in [0, 0.1) is 0 Å². The van der Waals surface area contributed by atoms with Crippen molar-refractivity contribution in [1.82, 2.24) is 15.5 Å². The highest BCUT2D eigenvalue weighted by Gasteiger charge is 2.37. The zero-order chi connectivity index (χ0) is 34.3. The minimum Gasteiger partial charge on any atom is -0.456 e. The molecule has 1 fully saturated rings. The third kappa shape index (κ3) is 4.42. The monoisotopic (exact) mass is 675 g/mol. The van der Waals surface area contributed by atoms with Crippen molar-refractivity contribution in [3.8, 4) is 11.1 Å². The Morgan fingerprint density at radius 3 is 1.94 bits per heavy atom. The summed E-state index contributed by atoms with van der Waals surface area (Å²) in [6, 6.07) is 52.9. The van der Waals surface area contributed by atoms with Crippen molar-refractivity contribution in [2.24, 2.45) is 0 Å². The van der Waals surface area contributed by atoms with Gasteiger partial charge < -0.3 is 13.3 Å². The molecule has 6 heteroatoms. The summed E-state index contributed by atoms with van der Waals surface area (Å²) in [4.78, 5) is 2.36. The lowest BCUT2D eigenvalue weighted by Crippen LogP contribution is -2.54. The molecule has 1 saturated heterocycles. The summed E-state index contributed by atoms with van der Waals surface area (Å²) in [5, 5.41) is 14.6. The van der Waals surface area contributed by atoms with Crippen LogP contribution in [0.25, 0.3) is 76.9 Å². The Balaban J connectivity index is 1.08. The van der Waals surface area contributed by atoms with E-state index in [0.29, 0.717) is 0 Å². The van der Waals surface area contributed by atoms with Gasteiger partial charge in [-0.3, -0.25) is 15.5 Å². The molecule has 6 nitrogen and oxygen atoms in total. The predicted octanol–water partition coefficient (Wildman–Crippen LogP) is 11.6. The van der Waals surface area contributed by atoms with Gasteiger partial charge in [0, 0.05) is 43.4 Å². The number of hydrogen-bond acceptors (Lipinski definition) is 6. The molecule has 0 aliphatic carbocycles. The van der Waals surface area contributed by atoms with Gasteiger partial charge in [-0.1, -0.05) is 121 Å². The second-order valence-electron chi connectivity index (χ2n) is 13.8. The predicted molar refractivity (Wildman–Crippen MR) is 209 cm³/mol. The maximum Gasteiger partial charge on any atom is 0.143 e. The van der Waals surface area contributed by atoms with E-state index in [2.05, 4.69) is 150 Å². The van der Waals surface area contributed by atoms with Crippen LogP contribution in [-0.2, 0) is 0 Å². The van der Waals surface area contributed by atoms with Crippen molar-refractivity contribution in [1.29, 1.82) is 0 Å². The van der Waals surface area contributed by atoms with E-state index in [4.69, 9.17) is 13.3 Å². The Morgan fingerprint density at radius 1 is 0.462 bits per heavy atom. The molecule has 10 aromatic rings. The zero-order valence-corrected chi connectivity index (χ0v) is 28.3. The van der Waals surface area contributed by atoms with Gasteiger partial charge in [0.25, 0.3) is 0 Å². The Bertz CT molecular complexity index is 2970. The Labute approximate surface area is 298 Å². The van der Waals surface area contributed by atoms with Gasteiger partial charge in [-0.25, -0.2) is 0 Å². The van der Waals surface area contributed by atoms with Gasteiger partial charge in [-0.15, -0.1) is 0 Å². The molecule has 2 N–H and O–H groups in total. The van der Waals surface area contributed by atoms with E-state index in [1.807, 2.05) is 24.3 Å². The van der Waals surface area contributed by atoms with Crippen molar-refractivity contribution < 1.29 is 13.3 Å². The van der Waals surface area contributed by atoms with Crippen LogP contribution < -0.4 is 10.6 Å². The molecular weight excluding hydrogens is 643 g/mol. The second-order valence-corrected chi connectivity index (χ2v) is 13.8. The summed E-state index contributed by atoms with van der Waals surface area (Å²) >= 11 is 0. The van der Waals surface area contributed by atoms with E-state index in [1.165, 1.54) is 5.56 Å². The molecule has 0 radical (unpaired) electrons. The first kappa shape index (κ1) is 29.5. The lowest BCUT2D eigenvalue weighted by atomic mass is 9.98. The molecule has 0 amide bonds. The summed E-state index contributed by atoms with van der Waals surface area (Å²) in [6.45, 7) is 0. The highest BCUT2D eigenvalue weighted by atomic mass is 16.3. The third-order valence-electron chi connectivity index (χ3n) is 10.9. The molecular formula is C46H33N3O3. The smallest absolute Gasteiger partial charge is 0.143 e. The number of fused-ring (bicyclic) bond motifs is 9. The van der Waals surface area contributed by atoms with E-state index >= 15 is 0 Å². The average molecular weight is 676 g/mol. The molecule has 3 unspecified atom stereocenters. The zero-order valence-electron chi connectivity index (χ0n) is 28.3. The number of hydrogen-bond donors (Lipinski definition) is 2. The summed E-state index contributed by atoms with van der Waals surface area (Å²) in [5.41, 5.74) is 10.8. The fraction of sp³-hybridized carbons (Fsp3) is 0.0870. The third-order valence-corrected chi connectivity index (χ3v) is 10.9. The summed E-state index contributed by atoms with van der Waals surface area (Å²) in [5.74, 6) is 0. The topological polar surface area (TPSA) is 66.7 Å². The molecule has 0 bridgehead atoms. The van der Waals surface area contributed by atoms with Crippen molar-refractivity contribution in [3.05, 3.63) is 168 Å². The molecule has 4 heterocycles. The van der Waals surface area contributed by atoms with E-state index in [-0.39, 0.29) is 18.5 Å². The van der Waals surface area contributed by atoms with Gasteiger partial charge >= 0.3 is 0 Å². The average Bonchev–Trinajstić information content (AvgIpc) is 3.89. The second kappa shape index (κ2) is 11.4. The van der Waals surface area contributed by atoms with Crippen LogP contribution >= 0.6 is 0 Å². The molecule has 0 spiro atoms. The normalized spacial score (nSPS) is 18.4. The van der Waals surface area contributed by atoms with Gasteiger partial charge in [0.05, 0.1) is 18.5 Å². The quantitative estimate of drug-likeness (QED) is 0.194. The standard InChI is InChI=1S/C46H33N3O3/c1-49-45(27-12-3-2-4-13-27)47-44(34-19-11-23-40-41(34)33-15-6-8-22-38(33)51-40)48-46(49)35-20-10-18-32-31-17-9-16-29(42(31)52-43(32)35)28-24-25-39-36(26-28)30-14-5-7-21-37(30)50-39/h2-26,44-48H,1H3. The molecule has 7 aromatic carbocycles. The van der Waals surface area contributed by atoms with E-state index < -0.39 is 0 Å². The largest absolute Gasteiger partial charge is 0.456 e. The van der Waals surface area contributed by atoms with Gasteiger partial charge in [-0.05, 0) is 54.1 Å². The number of furan rings is 3. The molecule has 3 atom stereocenters. The fourth-order valence-electron chi connectivity index (χ4n) is 8.42. The Hall–Kier alpha value is -6.18. The highest BCUT2D eigenvalue weighted by molar-refractivity contribution is 6.12. The van der Waals surface area contributed by atoms with Crippen molar-refractivity contribution in [2.45, 2.75) is 18.5 Å². The SMILES string of the molecule is CN1C(c2ccccc2)NC(c2cccc3oc4ccccc4c23)NC1c1cccc2c1oc1c(-c3ccc4oc5ccccc5c4c3)cccc12. The van der Waals surface area contributed by atoms with Crippen molar-refractivity contribution in [2.75, 3.05) is 7.05 Å². The first-order valence-electron chi connectivity index (χ1n) is 17.7. The van der Waals surface area contributed by atoms with Crippen LogP contribution in [0.3, 0.4) is 0 Å². The lowest BCUT2D eigenvalue weighted by Gasteiger charge is -2.45. The summed E-state index contributed by atoms with van der Waals surface area (Å²) < 4.78 is 19.5. The van der Waals surface area contributed by atoms with Crippen LogP contribution in [0.15, 0.2) is 165 Å². The van der Waals surface area contributed by atoms with E-state index in [0.717, 1.165) is 88.1 Å². The Morgan fingerprint density at radius 2 is 1.08 bits per heavy atom. The van der Waals surface area contributed by atoms with Crippen LogP contribution in [0.4, 0.5) is 0 Å². The summed E-state index contributed by atoms with van der Waals surface area (Å²) in [7, 11) is 2.17. The molecule has 1 aliphatic heterocycles. The molecule has 11 rings (SSSR count). The number of benzene rings is 7. The number of nitrogens with one attached hydrogen (secondary N) is 2. The first-order valence-corrected chi connectivity index (χ1v) is 17.7. The van der Waals surface area contributed by atoms with E-state index in [9.17, 15) is 0 Å². The van der Waals surface area contributed by atoms with Crippen LogP contribution in [0.5, 0.6) is 0 Å². The number of rotatable bonds is 4.